The van der Waals surface area contributed by atoms with E-state index in [1.165, 1.54) is 18.4 Å². The van der Waals surface area contributed by atoms with E-state index in [4.69, 9.17) is 15.2 Å². The van der Waals surface area contributed by atoms with Gasteiger partial charge >= 0.3 is 5.97 Å². The van der Waals surface area contributed by atoms with Crippen molar-refractivity contribution < 1.29 is 14.3 Å². The summed E-state index contributed by atoms with van der Waals surface area (Å²) in [6, 6.07) is 7.59. The Hall–Kier alpha value is -2.01. The van der Waals surface area contributed by atoms with Crippen LogP contribution in [0.25, 0.3) is 11.1 Å². The monoisotopic (exact) mass is 277 g/mol. The van der Waals surface area contributed by atoms with Crippen LogP contribution < -0.4 is 10.5 Å². The predicted octanol–water partition coefficient (Wildman–Crippen LogP) is 3.10. The minimum Gasteiger partial charge on any atom is -0.496 e. The van der Waals surface area contributed by atoms with Gasteiger partial charge in [-0.05, 0) is 13.0 Å². The normalized spacial score (nSPS) is 10.3. The molecule has 0 unspecified atom stereocenters. The number of methoxy groups -OCH3 is 2. The lowest BCUT2D eigenvalue weighted by Crippen LogP contribution is -2.02. The zero-order valence-corrected chi connectivity index (χ0v) is 11.8. The summed E-state index contributed by atoms with van der Waals surface area (Å²) in [6.07, 6.45) is 0. The summed E-state index contributed by atoms with van der Waals surface area (Å²) < 4.78 is 10.1. The van der Waals surface area contributed by atoms with Crippen LogP contribution in [0.2, 0.25) is 0 Å². The average molecular weight is 277 g/mol. The number of anilines is 1. The van der Waals surface area contributed by atoms with Crippen molar-refractivity contribution in [1.29, 1.82) is 0 Å². The van der Waals surface area contributed by atoms with Crippen molar-refractivity contribution in [3.05, 3.63) is 34.0 Å². The summed E-state index contributed by atoms with van der Waals surface area (Å²) in [5.74, 6) is 0.318. The number of hydrogen-bond donors (Lipinski definition) is 1. The maximum atomic E-state index is 11.7. The van der Waals surface area contributed by atoms with E-state index >= 15 is 0 Å². The highest BCUT2D eigenvalue weighted by atomic mass is 32.1. The van der Waals surface area contributed by atoms with Gasteiger partial charge in [0, 0.05) is 16.0 Å². The molecule has 0 fully saturated rings. The zero-order chi connectivity index (χ0) is 14.0. The summed E-state index contributed by atoms with van der Waals surface area (Å²) in [5.41, 5.74) is 8.25. The Bertz CT molecular complexity index is 619. The van der Waals surface area contributed by atoms with Crippen LogP contribution in [-0.2, 0) is 4.74 Å². The third kappa shape index (κ3) is 2.29. The van der Waals surface area contributed by atoms with E-state index in [2.05, 4.69) is 0 Å². The highest BCUT2D eigenvalue weighted by Gasteiger charge is 2.22. The molecule has 0 atom stereocenters. The summed E-state index contributed by atoms with van der Waals surface area (Å²) in [6.45, 7) is 1.93. The number of nitrogen functional groups attached to an aromatic ring is 1. The van der Waals surface area contributed by atoms with Gasteiger partial charge in [-0.15, -0.1) is 11.3 Å². The van der Waals surface area contributed by atoms with Crippen molar-refractivity contribution in [3.8, 4) is 16.9 Å². The number of benzene rings is 1. The molecule has 4 nitrogen and oxygen atoms in total. The van der Waals surface area contributed by atoms with Crippen LogP contribution >= 0.6 is 11.3 Å². The second-order valence-electron chi connectivity index (χ2n) is 3.97. The number of aryl methyl sites for hydroxylation is 1. The zero-order valence-electron chi connectivity index (χ0n) is 11.0. The number of nitrogens with two attached hydrogens (primary N) is 1. The number of carbonyl (C=O) groups is 1. The van der Waals surface area contributed by atoms with E-state index in [-0.39, 0.29) is 0 Å². The lowest BCUT2D eigenvalue weighted by Gasteiger charge is -2.09. The highest BCUT2D eigenvalue weighted by molar-refractivity contribution is 7.15. The van der Waals surface area contributed by atoms with Crippen molar-refractivity contribution in [3.63, 3.8) is 0 Å². The molecular weight excluding hydrogens is 262 g/mol. The molecule has 19 heavy (non-hydrogen) atoms. The smallest absolute Gasteiger partial charge is 0.350 e. The fourth-order valence-corrected chi connectivity index (χ4v) is 3.00. The first kappa shape index (κ1) is 13.4. The largest absolute Gasteiger partial charge is 0.496 e. The number of carbonyl (C=O) groups excluding carboxylic acids is 1. The van der Waals surface area contributed by atoms with E-state index in [1.807, 2.05) is 31.2 Å². The second-order valence-corrected chi connectivity index (χ2v) is 5.19. The minimum atomic E-state index is -0.410. The maximum absolute atomic E-state index is 11.7. The molecule has 2 aromatic rings. The predicted molar refractivity (Wildman–Crippen MR) is 76.8 cm³/mol. The van der Waals surface area contributed by atoms with Crippen LogP contribution in [-0.4, -0.2) is 20.2 Å². The lowest BCUT2D eigenvalue weighted by atomic mass is 10.0. The van der Waals surface area contributed by atoms with Gasteiger partial charge in [-0.3, -0.25) is 0 Å². The molecular formula is C14H15NO3S. The van der Waals surface area contributed by atoms with Crippen LogP contribution in [0.15, 0.2) is 24.3 Å². The fourth-order valence-electron chi connectivity index (χ4n) is 1.99. The van der Waals surface area contributed by atoms with Gasteiger partial charge in [0.25, 0.3) is 0 Å². The van der Waals surface area contributed by atoms with Crippen molar-refractivity contribution in [2.45, 2.75) is 6.92 Å². The van der Waals surface area contributed by atoms with Crippen molar-refractivity contribution in [2.24, 2.45) is 0 Å². The molecule has 0 saturated heterocycles. The van der Waals surface area contributed by atoms with Gasteiger partial charge in [-0.25, -0.2) is 4.79 Å². The Kier molecular flexibility index (Phi) is 3.76. The van der Waals surface area contributed by atoms with E-state index in [0.29, 0.717) is 10.6 Å². The molecule has 1 heterocycles. The number of rotatable bonds is 3. The van der Waals surface area contributed by atoms with Crippen LogP contribution in [0.3, 0.4) is 0 Å². The molecule has 1 aromatic heterocycles. The van der Waals surface area contributed by atoms with Gasteiger partial charge < -0.3 is 15.2 Å². The number of hydrogen-bond acceptors (Lipinski definition) is 5. The third-order valence-electron chi connectivity index (χ3n) is 2.87. The number of thiophene rings is 1. The van der Waals surface area contributed by atoms with E-state index in [1.54, 1.807) is 7.11 Å². The summed E-state index contributed by atoms with van der Waals surface area (Å²) >= 11 is 1.33. The molecule has 5 heteroatoms. The van der Waals surface area contributed by atoms with Gasteiger partial charge in [-0.1, -0.05) is 18.2 Å². The fraction of sp³-hybridized carbons (Fsp3) is 0.214. The first-order valence-electron chi connectivity index (χ1n) is 5.70. The van der Waals surface area contributed by atoms with E-state index < -0.39 is 5.97 Å². The molecule has 0 saturated carbocycles. The Morgan fingerprint density at radius 1 is 1.26 bits per heavy atom. The Morgan fingerprint density at radius 2 is 1.95 bits per heavy atom. The average Bonchev–Trinajstić information content (AvgIpc) is 2.73. The Labute approximate surface area is 115 Å². The van der Waals surface area contributed by atoms with Crippen LogP contribution in [0.1, 0.15) is 14.5 Å². The molecule has 0 spiro atoms. The van der Waals surface area contributed by atoms with Gasteiger partial charge in [0.15, 0.2) is 0 Å². The van der Waals surface area contributed by atoms with Gasteiger partial charge in [-0.2, -0.15) is 0 Å². The topological polar surface area (TPSA) is 61.5 Å². The first-order chi connectivity index (χ1) is 9.10. The van der Waals surface area contributed by atoms with Gasteiger partial charge in [0.2, 0.25) is 0 Å². The van der Waals surface area contributed by atoms with Crippen LogP contribution in [0.5, 0.6) is 5.75 Å². The van der Waals surface area contributed by atoms with Crippen LogP contribution in [0.4, 0.5) is 5.69 Å². The number of esters is 1. The number of para-hydroxylation sites is 1. The van der Waals surface area contributed by atoms with E-state index in [9.17, 15) is 4.79 Å². The molecule has 100 valence electrons. The molecule has 2 N–H and O–H groups in total. The summed E-state index contributed by atoms with van der Waals surface area (Å²) in [7, 11) is 2.96. The second kappa shape index (κ2) is 5.32. The SMILES string of the molecule is COC(=O)c1sc(C)c(-c2ccccc2OC)c1N. The summed E-state index contributed by atoms with van der Waals surface area (Å²) in [5, 5.41) is 0. The highest BCUT2D eigenvalue weighted by Crippen LogP contribution is 2.42. The van der Waals surface area contributed by atoms with Crippen molar-refractivity contribution in [2.75, 3.05) is 20.0 Å². The van der Waals surface area contributed by atoms with Gasteiger partial charge in [0.05, 0.1) is 19.9 Å². The lowest BCUT2D eigenvalue weighted by molar-refractivity contribution is 0.0607. The van der Waals surface area contributed by atoms with E-state index in [0.717, 1.165) is 21.8 Å². The molecule has 0 amide bonds. The third-order valence-corrected chi connectivity index (χ3v) is 3.97. The maximum Gasteiger partial charge on any atom is 0.350 e. The standard InChI is InChI=1S/C14H15NO3S/c1-8-11(9-6-4-5-7-10(9)17-2)12(15)13(19-8)14(16)18-3/h4-7H,15H2,1-3H3. The molecule has 1 aromatic carbocycles. The molecule has 2 rings (SSSR count). The number of ether oxygens (including phenoxy) is 2. The van der Waals surface area contributed by atoms with Gasteiger partial charge in [0.1, 0.15) is 10.6 Å². The first-order valence-corrected chi connectivity index (χ1v) is 6.52. The minimum absolute atomic E-state index is 0.410. The van der Waals surface area contributed by atoms with Crippen molar-refractivity contribution >= 4 is 23.0 Å². The molecule has 0 aliphatic rings. The van der Waals surface area contributed by atoms with Crippen LogP contribution in [0, 0.1) is 6.92 Å². The Balaban J connectivity index is 2.63. The quantitative estimate of drug-likeness (QED) is 0.876. The molecule has 0 aliphatic heterocycles. The van der Waals surface area contributed by atoms with Crippen molar-refractivity contribution in [1.82, 2.24) is 0 Å². The Morgan fingerprint density at radius 3 is 2.58 bits per heavy atom. The molecule has 0 bridgehead atoms. The summed E-state index contributed by atoms with van der Waals surface area (Å²) in [4.78, 5) is 13.1. The molecule has 0 aliphatic carbocycles. The molecule has 0 radical (unpaired) electrons.